The van der Waals surface area contributed by atoms with Crippen molar-refractivity contribution in [3.63, 3.8) is 0 Å². The van der Waals surface area contributed by atoms with E-state index in [1.807, 2.05) is 45.0 Å². The van der Waals surface area contributed by atoms with Crippen LogP contribution in [-0.2, 0) is 16.8 Å². The molecule has 0 bridgehead atoms. The van der Waals surface area contributed by atoms with Gasteiger partial charge in [0, 0.05) is 24.7 Å². The summed E-state index contributed by atoms with van der Waals surface area (Å²) >= 11 is 0. The van der Waals surface area contributed by atoms with Gasteiger partial charge in [-0.1, -0.05) is 24.0 Å². The molecule has 0 spiro atoms. The van der Waals surface area contributed by atoms with Crippen LogP contribution in [0.4, 0.5) is 0 Å². The zero-order valence-corrected chi connectivity index (χ0v) is 13.8. The van der Waals surface area contributed by atoms with Crippen molar-refractivity contribution in [1.82, 2.24) is 9.03 Å². The molecule has 0 saturated heterocycles. The largest absolute Gasteiger partial charge is 0.320 e. The average Bonchev–Trinajstić information content (AvgIpc) is 2.35. The van der Waals surface area contributed by atoms with E-state index in [2.05, 4.69) is 16.6 Å². The van der Waals surface area contributed by atoms with Crippen LogP contribution in [0.5, 0.6) is 0 Å². The van der Waals surface area contributed by atoms with Crippen molar-refractivity contribution in [2.24, 2.45) is 5.73 Å². The smallest absolute Gasteiger partial charge is 0.279 e. The molecule has 5 nitrogen and oxygen atoms in total. The van der Waals surface area contributed by atoms with Crippen molar-refractivity contribution >= 4 is 10.2 Å². The fraction of sp³-hybridized carbons (Fsp3) is 0.467. The molecule has 0 aromatic heterocycles. The van der Waals surface area contributed by atoms with Crippen molar-refractivity contribution in [3.8, 4) is 11.8 Å². The van der Waals surface area contributed by atoms with Gasteiger partial charge in [-0.25, -0.2) is 0 Å². The van der Waals surface area contributed by atoms with Gasteiger partial charge in [0.15, 0.2) is 0 Å². The Bertz CT molecular complexity index is 620. The molecule has 1 rings (SSSR count). The van der Waals surface area contributed by atoms with Gasteiger partial charge in [-0.3, -0.25) is 0 Å². The number of nitrogens with zero attached hydrogens (tertiary/aromatic N) is 1. The average molecular weight is 309 g/mol. The maximum Gasteiger partial charge on any atom is 0.279 e. The Kier molecular flexibility index (Phi) is 5.93. The Morgan fingerprint density at radius 3 is 2.29 bits per heavy atom. The molecule has 0 saturated carbocycles. The molecule has 0 unspecified atom stereocenters. The van der Waals surface area contributed by atoms with Crippen LogP contribution in [0.2, 0.25) is 0 Å². The van der Waals surface area contributed by atoms with Crippen LogP contribution >= 0.6 is 0 Å². The number of hydrogen-bond donors (Lipinski definition) is 2. The van der Waals surface area contributed by atoms with Gasteiger partial charge in [0.2, 0.25) is 0 Å². The van der Waals surface area contributed by atoms with E-state index in [9.17, 15) is 8.42 Å². The lowest BCUT2D eigenvalue weighted by molar-refractivity contribution is 0.421. The van der Waals surface area contributed by atoms with Gasteiger partial charge in [-0.2, -0.15) is 17.4 Å². The van der Waals surface area contributed by atoms with Crippen LogP contribution < -0.4 is 10.5 Å². The first-order chi connectivity index (χ1) is 9.64. The Labute approximate surface area is 127 Å². The Morgan fingerprint density at radius 2 is 1.81 bits per heavy atom. The molecular formula is C15H23N3O2S. The summed E-state index contributed by atoms with van der Waals surface area (Å²) in [7, 11) is -1.95. The molecule has 116 valence electrons. The fourth-order valence-electron chi connectivity index (χ4n) is 1.65. The van der Waals surface area contributed by atoms with Gasteiger partial charge in [0.25, 0.3) is 10.2 Å². The van der Waals surface area contributed by atoms with Gasteiger partial charge in [-0.05, 0) is 38.5 Å². The first kappa shape index (κ1) is 17.7. The summed E-state index contributed by atoms with van der Waals surface area (Å²) in [5.41, 5.74) is 6.57. The fourth-order valence-corrected chi connectivity index (χ4v) is 2.90. The van der Waals surface area contributed by atoms with Crippen molar-refractivity contribution in [3.05, 3.63) is 35.4 Å². The summed E-state index contributed by atoms with van der Waals surface area (Å²) in [5.74, 6) is 5.70. The van der Waals surface area contributed by atoms with Gasteiger partial charge >= 0.3 is 0 Å². The second kappa shape index (κ2) is 7.05. The van der Waals surface area contributed by atoms with E-state index in [0.717, 1.165) is 11.1 Å². The molecule has 0 heterocycles. The monoisotopic (exact) mass is 309 g/mol. The molecule has 0 fully saturated rings. The molecule has 6 heteroatoms. The SMILES string of the molecule is CN(Cc1ccc(C#CCN)cc1)S(=O)(=O)NC(C)(C)C. The lowest BCUT2D eigenvalue weighted by atomic mass is 10.1. The van der Waals surface area contributed by atoms with E-state index in [0.29, 0.717) is 13.1 Å². The standard InChI is InChI=1S/C15H23N3O2S/c1-15(2,3)17-21(19,20)18(4)12-14-9-7-13(8-10-14)6-5-11-16/h7-10,17H,11-12,16H2,1-4H3. The zero-order chi connectivity index (χ0) is 16.1. The van der Waals surface area contributed by atoms with Crippen molar-refractivity contribution in [1.29, 1.82) is 0 Å². The predicted molar refractivity (Wildman–Crippen MR) is 85.6 cm³/mol. The van der Waals surface area contributed by atoms with E-state index in [1.165, 1.54) is 4.31 Å². The van der Waals surface area contributed by atoms with Crippen molar-refractivity contribution < 1.29 is 8.42 Å². The number of nitrogens with two attached hydrogens (primary N) is 1. The molecule has 0 atom stereocenters. The molecule has 0 aliphatic heterocycles. The summed E-state index contributed by atoms with van der Waals surface area (Å²) < 4.78 is 28.2. The summed E-state index contributed by atoms with van der Waals surface area (Å²) in [5, 5.41) is 0. The van der Waals surface area contributed by atoms with Crippen LogP contribution in [0, 0.1) is 11.8 Å². The second-order valence-electron chi connectivity index (χ2n) is 5.82. The number of nitrogens with one attached hydrogen (secondary N) is 1. The lowest BCUT2D eigenvalue weighted by Crippen LogP contribution is -2.47. The Morgan fingerprint density at radius 1 is 1.24 bits per heavy atom. The van der Waals surface area contributed by atoms with Crippen molar-refractivity contribution in [2.75, 3.05) is 13.6 Å². The topological polar surface area (TPSA) is 75.4 Å². The Balaban J connectivity index is 2.77. The maximum absolute atomic E-state index is 12.1. The summed E-state index contributed by atoms with van der Waals surface area (Å²) in [6.07, 6.45) is 0. The summed E-state index contributed by atoms with van der Waals surface area (Å²) in [6, 6.07) is 7.44. The van der Waals surface area contributed by atoms with Gasteiger partial charge in [0.05, 0.1) is 6.54 Å². The summed E-state index contributed by atoms with van der Waals surface area (Å²) in [4.78, 5) is 0. The minimum atomic E-state index is -3.50. The molecule has 0 amide bonds. The molecule has 1 aromatic carbocycles. The molecule has 0 aliphatic rings. The Hall–Kier alpha value is -1.39. The molecule has 1 aromatic rings. The van der Waals surface area contributed by atoms with Gasteiger partial charge < -0.3 is 5.73 Å². The predicted octanol–water partition coefficient (Wildman–Crippen LogP) is 1.06. The van der Waals surface area contributed by atoms with Gasteiger partial charge in [-0.15, -0.1) is 0 Å². The maximum atomic E-state index is 12.1. The third-order valence-electron chi connectivity index (χ3n) is 2.54. The first-order valence-electron chi connectivity index (χ1n) is 6.67. The van der Waals surface area contributed by atoms with E-state index < -0.39 is 15.7 Å². The molecular weight excluding hydrogens is 286 g/mol. The summed E-state index contributed by atoms with van der Waals surface area (Å²) in [6.45, 7) is 6.05. The zero-order valence-electron chi connectivity index (χ0n) is 13.0. The van der Waals surface area contributed by atoms with E-state index in [4.69, 9.17) is 5.73 Å². The normalized spacial score (nSPS) is 12.1. The number of benzene rings is 1. The minimum Gasteiger partial charge on any atom is -0.320 e. The second-order valence-corrected chi connectivity index (χ2v) is 7.59. The highest BCUT2D eigenvalue weighted by atomic mass is 32.2. The highest BCUT2D eigenvalue weighted by Crippen LogP contribution is 2.10. The minimum absolute atomic E-state index is 0.302. The highest BCUT2D eigenvalue weighted by Gasteiger charge is 2.24. The molecule has 21 heavy (non-hydrogen) atoms. The quantitative estimate of drug-likeness (QED) is 0.817. The third-order valence-corrected chi connectivity index (χ3v) is 4.36. The molecule has 0 aliphatic carbocycles. The highest BCUT2D eigenvalue weighted by molar-refractivity contribution is 7.87. The van der Waals surface area contributed by atoms with Crippen LogP contribution in [0.3, 0.4) is 0 Å². The third kappa shape index (κ3) is 6.27. The molecule has 3 N–H and O–H groups in total. The van der Waals surface area contributed by atoms with E-state index in [-0.39, 0.29) is 0 Å². The van der Waals surface area contributed by atoms with Crippen LogP contribution in [0.15, 0.2) is 24.3 Å². The lowest BCUT2D eigenvalue weighted by Gasteiger charge is -2.25. The van der Waals surface area contributed by atoms with Crippen molar-refractivity contribution in [2.45, 2.75) is 32.9 Å². The number of rotatable bonds is 4. The van der Waals surface area contributed by atoms with E-state index >= 15 is 0 Å². The van der Waals surface area contributed by atoms with Crippen LogP contribution in [-0.4, -0.2) is 31.9 Å². The van der Waals surface area contributed by atoms with E-state index in [1.54, 1.807) is 7.05 Å². The number of hydrogen-bond acceptors (Lipinski definition) is 3. The van der Waals surface area contributed by atoms with Crippen LogP contribution in [0.25, 0.3) is 0 Å². The van der Waals surface area contributed by atoms with Crippen LogP contribution in [0.1, 0.15) is 31.9 Å². The molecule has 0 radical (unpaired) electrons. The first-order valence-corrected chi connectivity index (χ1v) is 8.11. The van der Waals surface area contributed by atoms with Gasteiger partial charge in [0.1, 0.15) is 0 Å².